The van der Waals surface area contributed by atoms with E-state index in [0.29, 0.717) is 18.1 Å². The van der Waals surface area contributed by atoms with Crippen LogP contribution in [0, 0.1) is 5.92 Å². The highest BCUT2D eigenvalue weighted by molar-refractivity contribution is 5.12. The fourth-order valence-corrected chi connectivity index (χ4v) is 3.60. The number of rotatable bonds is 6. The number of pyridine rings is 1. The summed E-state index contributed by atoms with van der Waals surface area (Å²) in [6, 6.07) is 4.68. The maximum absolute atomic E-state index is 5.99. The van der Waals surface area contributed by atoms with E-state index < -0.39 is 0 Å². The molecule has 0 saturated carbocycles. The van der Waals surface area contributed by atoms with Crippen molar-refractivity contribution in [3.8, 4) is 0 Å². The molecule has 4 heteroatoms. The maximum Gasteiger partial charge on any atom is 0.0745 e. The van der Waals surface area contributed by atoms with Crippen molar-refractivity contribution in [1.29, 1.82) is 0 Å². The van der Waals surface area contributed by atoms with Crippen LogP contribution in [0.15, 0.2) is 24.5 Å². The first kappa shape index (κ1) is 14.9. The van der Waals surface area contributed by atoms with Crippen LogP contribution in [0.5, 0.6) is 0 Å². The Morgan fingerprint density at radius 1 is 1.43 bits per heavy atom. The van der Waals surface area contributed by atoms with Crippen molar-refractivity contribution in [2.24, 2.45) is 5.92 Å². The van der Waals surface area contributed by atoms with Gasteiger partial charge in [0.1, 0.15) is 0 Å². The molecular weight excluding hydrogens is 264 g/mol. The number of ether oxygens (including phenoxy) is 2. The molecule has 1 aromatic heterocycles. The van der Waals surface area contributed by atoms with Crippen LogP contribution in [0.3, 0.4) is 0 Å². The van der Waals surface area contributed by atoms with Gasteiger partial charge in [0.05, 0.1) is 12.7 Å². The molecular formula is C17H26N2O2. The summed E-state index contributed by atoms with van der Waals surface area (Å²) in [4.78, 5) is 6.86. The molecule has 3 rings (SSSR count). The van der Waals surface area contributed by atoms with Crippen molar-refractivity contribution >= 4 is 0 Å². The van der Waals surface area contributed by atoms with Gasteiger partial charge in [0.25, 0.3) is 0 Å². The van der Waals surface area contributed by atoms with Gasteiger partial charge in [-0.15, -0.1) is 0 Å². The highest BCUT2D eigenvalue weighted by atomic mass is 16.5. The number of aromatic nitrogens is 1. The predicted molar refractivity (Wildman–Crippen MR) is 82.3 cm³/mol. The Hall–Kier alpha value is -0.970. The standard InChI is InChI=1S/C17H26N2O2/c1-2-21-17-5-8-19(12-15-6-9-20-13-15)16(17)10-14-4-3-7-18-11-14/h3-4,7,11,15-17H,2,5-6,8-10,12-13H2,1H3/t15-,16-,17-/m1/s1. The minimum Gasteiger partial charge on any atom is -0.381 e. The van der Waals surface area contributed by atoms with Gasteiger partial charge in [-0.25, -0.2) is 0 Å². The number of nitrogens with zero attached hydrogens (tertiary/aromatic N) is 2. The summed E-state index contributed by atoms with van der Waals surface area (Å²) < 4.78 is 11.5. The van der Waals surface area contributed by atoms with Crippen LogP contribution in [-0.2, 0) is 15.9 Å². The normalized spacial score (nSPS) is 30.0. The molecule has 2 saturated heterocycles. The second kappa shape index (κ2) is 7.34. The van der Waals surface area contributed by atoms with E-state index in [-0.39, 0.29) is 0 Å². The number of hydrogen-bond acceptors (Lipinski definition) is 4. The van der Waals surface area contributed by atoms with Crippen LogP contribution >= 0.6 is 0 Å². The quantitative estimate of drug-likeness (QED) is 0.804. The molecule has 3 atom stereocenters. The van der Waals surface area contributed by atoms with Gasteiger partial charge in [-0.2, -0.15) is 0 Å². The van der Waals surface area contributed by atoms with E-state index in [4.69, 9.17) is 9.47 Å². The molecule has 1 aromatic rings. The van der Waals surface area contributed by atoms with Gasteiger partial charge in [0.15, 0.2) is 0 Å². The van der Waals surface area contributed by atoms with Crippen molar-refractivity contribution in [3.63, 3.8) is 0 Å². The molecule has 0 unspecified atom stereocenters. The van der Waals surface area contributed by atoms with E-state index in [0.717, 1.165) is 45.8 Å². The lowest BCUT2D eigenvalue weighted by Gasteiger charge is -2.29. The summed E-state index contributed by atoms with van der Waals surface area (Å²) in [5.41, 5.74) is 1.31. The zero-order chi connectivity index (χ0) is 14.5. The molecule has 0 aromatic carbocycles. The van der Waals surface area contributed by atoms with E-state index in [1.54, 1.807) is 0 Å². The highest BCUT2D eigenvalue weighted by Crippen LogP contribution is 2.27. The molecule has 4 nitrogen and oxygen atoms in total. The SMILES string of the molecule is CCO[C@@H]1CCN(C[C@H]2CCOC2)[C@@H]1Cc1cccnc1. The Kier molecular flexibility index (Phi) is 5.22. The third-order valence-electron chi connectivity index (χ3n) is 4.66. The Labute approximate surface area is 127 Å². The predicted octanol–water partition coefficient (Wildman–Crippen LogP) is 2.14. The molecule has 0 spiro atoms. The van der Waals surface area contributed by atoms with Gasteiger partial charge in [0, 0.05) is 44.7 Å². The second-order valence-electron chi connectivity index (χ2n) is 6.14. The summed E-state index contributed by atoms with van der Waals surface area (Å²) in [5, 5.41) is 0. The van der Waals surface area contributed by atoms with Gasteiger partial charge >= 0.3 is 0 Å². The minimum absolute atomic E-state index is 0.359. The average molecular weight is 290 g/mol. The molecule has 21 heavy (non-hydrogen) atoms. The van der Waals surface area contributed by atoms with E-state index in [1.165, 1.54) is 12.0 Å². The van der Waals surface area contributed by atoms with Crippen molar-refractivity contribution in [1.82, 2.24) is 9.88 Å². The molecule has 0 bridgehead atoms. The van der Waals surface area contributed by atoms with Crippen molar-refractivity contribution in [2.75, 3.05) is 32.9 Å². The average Bonchev–Trinajstić information content (AvgIpc) is 3.14. The lowest BCUT2D eigenvalue weighted by Crippen LogP contribution is -2.41. The fourth-order valence-electron chi connectivity index (χ4n) is 3.60. The molecule has 2 fully saturated rings. The molecule has 0 N–H and O–H groups in total. The molecule has 2 aliphatic heterocycles. The third-order valence-corrected chi connectivity index (χ3v) is 4.66. The summed E-state index contributed by atoms with van der Waals surface area (Å²) >= 11 is 0. The van der Waals surface area contributed by atoms with E-state index in [2.05, 4.69) is 22.9 Å². The number of likely N-dealkylation sites (tertiary alicyclic amines) is 1. The molecule has 3 heterocycles. The molecule has 0 aliphatic carbocycles. The zero-order valence-electron chi connectivity index (χ0n) is 12.9. The van der Waals surface area contributed by atoms with Crippen molar-refractivity contribution in [2.45, 2.75) is 38.3 Å². The van der Waals surface area contributed by atoms with Gasteiger partial charge in [-0.1, -0.05) is 6.07 Å². The first-order valence-corrected chi connectivity index (χ1v) is 8.19. The lowest BCUT2D eigenvalue weighted by atomic mass is 10.0. The maximum atomic E-state index is 5.99. The van der Waals surface area contributed by atoms with Crippen LogP contribution < -0.4 is 0 Å². The van der Waals surface area contributed by atoms with E-state index in [1.807, 2.05) is 18.5 Å². The van der Waals surface area contributed by atoms with Crippen molar-refractivity contribution in [3.05, 3.63) is 30.1 Å². The van der Waals surface area contributed by atoms with Crippen LogP contribution in [0.2, 0.25) is 0 Å². The van der Waals surface area contributed by atoms with Gasteiger partial charge in [0.2, 0.25) is 0 Å². The zero-order valence-corrected chi connectivity index (χ0v) is 12.9. The van der Waals surface area contributed by atoms with Gasteiger partial charge in [-0.3, -0.25) is 9.88 Å². The van der Waals surface area contributed by atoms with Crippen LogP contribution in [0.25, 0.3) is 0 Å². The van der Waals surface area contributed by atoms with Gasteiger partial charge in [-0.05, 0) is 43.7 Å². The minimum atomic E-state index is 0.359. The summed E-state index contributed by atoms with van der Waals surface area (Å²) in [6.07, 6.45) is 7.57. The summed E-state index contributed by atoms with van der Waals surface area (Å²) in [7, 11) is 0. The first-order valence-electron chi connectivity index (χ1n) is 8.19. The van der Waals surface area contributed by atoms with Crippen molar-refractivity contribution < 1.29 is 9.47 Å². The third kappa shape index (κ3) is 3.82. The largest absolute Gasteiger partial charge is 0.381 e. The van der Waals surface area contributed by atoms with Crippen LogP contribution in [0.4, 0.5) is 0 Å². The van der Waals surface area contributed by atoms with Crippen LogP contribution in [-0.4, -0.2) is 54.9 Å². The van der Waals surface area contributed by atoms with Crippen LogP contribution in [0.1, 0.15) is 25.3 Å². The Balaban J connectivity index is 1.66. The van der Waals surface area contributed by atoms with E-state index >= 15 is 0 Å². The first-order chi connectivity index (χ1) is 10.4. The van der Waals surface area contributed by atoms with E-state index in [9.17, 15) is 0 Å². The summed E-state index contributed by atoms with van der Waals surface area (Å²) in [5.74, 6) is 0.696. The Bertz CT molecular complexity index is 420. The lowest BCUT2D eigenvalue weighted by molar-refractivity contribution is 0.0313. The Morgan fingerprint density at radius 3 is 3.10 bits per heavy atom. The second-order valence-corrected chi connectivity index (χ2v) is 6.14. The highest BCUT2D eigenvalue weighted by Gasteiger charge is 2.36. The smallest absolute Gasteiger partial charge is 0.0745 e. The molecule has 0 radical (unpaired) electrons. The molecule has 0 amide bonds. The fraction of sp³-hybridized carbons (Fsp3) is 0.706. The number of hydrogen-bond donors (Lipinski definition) is 0. The Morgan fingerprint density at radius 2 is 2.38 bits per heavy atom. The monoisotopic (exact) mass is 290 g/mol. The molecule has 2 aliphatic rings. The summed E-state index contributed by atoms with van der Waals surface area (Å²) in [6.45, 7) is 7.04. The molecule has 116 valence electrons. The topological polar surface area (TPSA) is 34.6 Å². The van der Waals surface area contributed by atoms with Gasteiger partial charge < -0.3 is 9.47 Å².